The quantitative estimate of drug-likeness (QED) is 0.562. The van der Waals surface area contributed by atoms with Gasteiger partial charge in [0, 0.05) is 22.9 Å². The summed E-state index contributed by atoms with van der Waals surface area (Å²) in [6.07, 6.45) is 0. The highest BCUT2D eigenvalue weighted by molar-refractivity contribution is 6.17. The number of aryl methyl sites for hydroxylation is 1. The Morgan fingerprint density at radius 1 is 1.18 bits per heavy atom. The van der Waals surface area contributed by atoms with E-state index >= 15 is 0 Å². The third-order valence-corrected chi connectivity index (χ3v) is 5.10. The summed E-state index contributed by atoms with van der Waals surface area (Å²) in [5.41, 5.74) is 10.8. The molecule has 1 amide bonds. The van der Waals surface area contributed by atoms with Crippen molar-refractivity contribution in [1.82, 2.24) is 4.57 Å². The van der Waals surface area contributed by atoms with Gasteiger partial charge in [-0.1, -0.05) is 18.2 Å². The molecular formula is C23H21N2O3. The molecule has 1 heterocycles. The Labute approximate surface area is 163 Å². The molecule has 4 rings (SSSR count). The summed E-state index contributed by atoms with van der Waals surface area (Å²) < 4.78 is 7.49. The number of benzene rings is 3. The van der Waals surface area contributed by atoms with Crippen LogP contribution in [0.2, 0.25) is 0 Å². The van der Waals surface area contributed by atoms with Gasteiger partial charge in [0.15, 0.2) is 0 Å². The van der Waals surface area contributed by atoms with Crippen molar-refractivity contribution in [2.24, 2.45) is 5.73 Å². The second-order valence-electron chi connectivity index (χ2n) is 6.88. The maximum Gasteiger partial charge on any atom is 0.249 e. The average molecular weight is 373 g/mol. The molecule has 0 aliphatic rings. The largest absolute Gasteiger partial charge is 0.496 e. The Balaban J connectivity index is 1.98. The number of nitrogens with zero attached hydrogens (tertiary/aromatic N) is 1. The molecule has 0 spiro atoms. The Bertz CT molecular complexity index is 1210. The van der Waals surface area contributed by atoms with Crippen LogP contribution < -0.4 is 10.5 Å². The molecular weight excluding hydrogens is 352 g/mol. The van der Waals surface area contributed by atoms with Crippen molar-refractivity contribution in [1.29, 1.82) is 0 Å². The molecule has 1 aromatic heterocycles. The van der Waals surface area contributed by atoms with Crippen molar-refractivity contribution in [3.8, 4) is 5.75 Å². The zero-order valence-corrected chi connectivity index (χ0v) is 15.8. The Kier molecular flexibility index (Phi) is 4.53. The summed E-state index contributed by atoms with van der Waals surface area (Å²) in [6.45, 7) is 2.55. The molecule has 3 N–H and O–H groups in total. The van der Waals surface area contributed by atoms with E-state index in [0.29, 0.717) is 12.1 Å². The van der Waals surface area contributed by atoms with Crippen LogP contribution in [-0.4, -0.2) is 22.7 Å². The zero-order valence-electron chi connectivity index (χ0n) is 15.8. The first-order chi connectivity index (χ1) is 13.5. The summed E-state index contributed by atoms with van der Waals surface area (Å²) in [6, 6.07) is 18.6. The molecule has 0 saturated carbocycles. The lowest BCUT2D eigenvalue weighted by molar-refractivity contribution is 0.100. The van der Waals surface area contributed by atoms with Gasteiger partial charge >= 0.3 is 0 Å². The van der Waals surface area contributed by atoms with E-state index in [1.807, 2.05) is 37.3 Å². The molecule has 1 radical (unpaired) electrons. The molecule has 0 aliphatic carbocycles. The number of aliphatic hydroxyl groups is 1. The predicted octanol–water partition coefficient (Wildman–Crippen LogP) is 3.55. The van der Waals surface area contributed by atoms with Crippen LogP contribution >= 0.6 is 0 Å². The number of fused-ring (bicyclic) bond motifs is 3. The van der Waals surface area contributed by atoms with E-state index in [4.69, 9.17) is 10.5 Å². The van der Waals surface area contributed by atoms with Gasteiger partial charge in [-0.15, -0.1) is 0 Å². The van der Waals surface area contributed by atoms with Crippen molar-refractivity contribution in [3.05, 3.63) is 76.9 Å². The Morgan fingerprint density at radius 3 is 2.68 bits per heavy atom. The van der Waals surface area contributed by atoms with Crippen LogP contribution in [0.1, 0.15) is 27.0 Å². The lowest BCUT2D eigenvalue weighted by atomic mass is 10.0. The van der Waals surface area contributed by atoms with E-state index in [-0.39, 0.29) is 6.61 Å². The Morgan fingerprint density at radius 2 is 2.00 bits per heavy atom. The Hall–Kier alpha value is -3.31. The lowest BCUT2D eigenvalue weighted by Gasteiger charge is -2.11. The number of amides is 1. The molecule has 0 bridgehead atoms. The molecule has 141 valence electrons. The molecule has 28 heavy (non-hydrogen) atoms. The fourth-order valence-corrected chi connectivity index (χ4v) is 3.79. The van der Waals surface area contributed by atoms with E-state index in [9.17, 15) is 9.90 Å². The van der Waals surface area contributed by atoms with Crippen LogP contribution in [-0.2, 0) is 13.2 Å². The van der Waals surface area contributed by atoms with E-state index in [1.54, 1.807) is 19.2 Å². The van der Waals surface area contributed by atoms with Gasteiger partial charge < -0.3 is 20.1 Å². The number of aliphatic hydroxyl groups excluding tert-OH is 1. The third kappa shape index (κ3) is 2.90. The van der Waals surface area contributed by atoms with Crippen molar-refractivity contribution in [2.45, 2.75) is 20.1 Å². The maximum atomic E-state index is 12.0. The minimum Gasteiger partial charge on any atom is -0.496 e. The summed E-state index contributed by atoms with van der Waals surface area (Å²) in [4.78, 5) is 12.0. The summed E-state index contributed by atoms with van der Waals surface area (Å²) in [7, 11) is 1.66. The molecule has 0 saturated heterocycles. The lowest BCUT2D eigenvalue weighted by Crippen LogP contribution is -2.11. The highest BCUT2D eigenvalue weighted by Crippen LogP contribution is 2.33. The van der Waals surface area contributed by atoms with Crippen molar-refractivity contribution < 1.29 is 14.6 Å². The van der Waals surface area contributed by atoms with E-state index in [1.165, 1.54) is 0 Å². The monoisotopic (exact) mass is 373 g/mol. The molecule has 3 aromatic carbocycles. The van der Waals surface area contributed by atoms with Gasteiger partial charge in [0.1, 0.15) is 5.75 Å². The number of aromatic nitrogens is 1. The number of hydrogen-bond acceptors (Lipinski definition) is 3. The average Bonchev–Trinajstić information content (AvgIpc) is 3.01. The van der Waals surface area contributed by atoms with Gasteiger partial charge in [-0.2, -0.15) is 0 Å². The summed E-state index contributed by atoms with van der Waals surface area (Å²) in [5.74, 6) is 0.377. The molecule has 0 fully saturated rings. The number of carbonyl (C=O) groups excluding carboxylic acids is 1. The maximum absolute atomic E-state index is 12.0. The highest BCUT2D eigenvalue weighted by atomic mass is 16.5. The number of nitrogens with two attached hydrogens (primary N) is 1. The molecule has 0 aliphatic heterocycles. The van der Waals surface area contributed by atoms with Crippen LogP contribution in [0.3, 0.4) is 0 Å². The minimum absolute atomic E-state index is 0.0711. The van der Waals surface area contributed by atoms with Gasteiger partial charge in [-0.25, -0.2) is 0 Å². The number of methoxy groups -OCH3 is 1. The second-order valence-corrected chi connectivity index (χ2v) is 6.88. The van der Waals surface area contributed by atoms with E-state index in [0.717, 1.165) is 44.2 Å². The highest BCUT2D eigenvalue weighted by Gasteiger charge is 2.17. The number of ether oxygens (including phenoxy) is 1. The first-order valence-corrected chi connectivity index (χ1v) is 9.03. The van der Waals surface area contributed by atoms with Crippen molar-refractivity contribution in [2.75, 3.05) is 7.11 Å². The normalized spacial score (nSPS) is 11.2. The topological polar surface area (TPSA) is 77.5 Å². The fourth-order valence-electron chi connectivity index (χ4n) is 3.79. The minimum atomic E-state index is -0.468. The smallest absolute Gasteiger partial charge is 0.249 e. The number of hydrogen-bond donors (Lipinski definition) is 2. The van der Waals surface area contributed by atoms with Gasteiger partial charge in [0.05, 0.1) is 24.8 Å². The number of carbonyl (C=O) groups is 1. The number of rotatable bonds is 5. The first-order valence-electron chi connectivity index (χ1n) is 9.03. The van der Waals surface area contributed by atoms with Gasteiger partial charge in [0.2, 0.25) is 5.91 Å². The van der Waals surface area contributed by atoms with Gasteiger partial charge in [-0.3, -0.25) is 4.79 Å². The molecule has 5 heteroatoms. The third-order valence-electron chi connectivity index (χ3n) is 5.10. The fraction of sp³-hybridized carbons (Fsp3) is 0.174. The SMILES string of the molecule is COc1ccc(Cn2c3cc(CO)c[c]c3c3c(C(N)=O)cccc32)cc1C. The van der Waals surface area contributed by atoms with E-state index in [2.05, 4.69) is 16.7 Å². The molecule has 4 aromatic rings. The zero-order chi connectivity index (χ0) is 19.8. The van der Waals surface area contributed by atoms with Crippen LogP contribution in [0.25, 0.3) is 21.8 Å². The second kappa shape index (κ2) is 7.02. The van der Waals surface area contributed by atoms with Gasteiger partial charge in [0.25, 0.3) is 0 Å². The van der Waals surface area contributed by atoms with Crippen molar-refractivity contribution in [3.63, 3.8) is 0 Å². The molecule has 0 unspecified atom stereocenters. The number of primary amides is 1. The summed E-state index contributed by atoms with van der Waals surface area (Å²) >= 11 is 0. The van der Waals surface area contributed by atoms with Crippen molar-refractivity contribution >= 4 is 27.7 Å². The predicted molar refractivity (Wildman–Crippen MR) is 110 cm³/mol. The van der Waals surface area contributed by atoms with E-state index < -0.39 is 5.91 Å². The molecule has 5 nitrogen and oxygen atoms in total. The van der Waals surface area contributed by atoms with Crippen LogP contribution in [0.5, 0.6) is 5.75 Å². The van der Waals surface area contributed by atoms with Gasteiger partial charge in [-0.05, 0) is 60.0 Å². The first kappa shape index (κ1) is 18.1. The van der Waals surface area contributed by atoms with Crippen LogP contribution in [0, 0.1) is 13.0 Å². The van der Waals surface area contributed by atoms with Crippen LogP contribution in [0.4, 0.5) is 0 Å². The summed E-state index contributed by atoms with van der Waals surface area (Å²) in [5, 5.41) is 11.2. The standard InChI is InChI=1S/C23H21N2O3/c1-14-10-15(7-9-21(14)28-2)12-25-19-5-3-4-18(23(24)27)22(19)17-8-6-16(13-26)11-20(17)25/h3-7,9-11,26H,12-13H2,1-2H3,(H2,24,27). The van der Waals surface area contributed by atoms with Crippen LogP contribution in [0.15, 0.2) is 48.5 Å². The molecule has 0 atom stereocenters.